The Kier molecular flexibility index (Phi) is 2.17. The van der Waals surface area contributed by atoms with Crippen LogP contribution in [0.4, 0.5) is 0 Å². The summed E-state index contributed by atoms with van der Waals surface area (Å²) in [5, 5.41) is 9.04. The van der Waals surface area contributed by atoms with E-state index in [4.69, 9.17) is 5.11 Å². The van der Waals surface area contributed by atoms with E-state index in [-0.39, 0.29) is 17.4 Å². The van der Waals surface area contributed by atoms with Gasteiger partial charge in [0.2, 0.25) is 5.88 Å². The zero-order valence-corrected chi connectivity index (χ0v) is 7.40. The lowest BCUT2D eigenvalue weighted by atomic mass is 10.2. The first-order valence-electron chi connectivity index (χ1n) is 3.79. The molecular formula is C8H12N2O2. The number of hydrogen-bond donors (Lipinski definition) is 1. The molecule has 0 aliphatic carbocycles. The molecule has 4 heteroatoms. The Balaban J connectivity index is 3.38. The van der Waals surface area contributed by atoms with Crippen LogP contribution in [0.5, 0.6) is 5.88 Å². The van der Waals surface area contributed by atoms with Crippen molar-refractivity contribution in [2.24, 2.45) is 7.05 Å². The molecule has 1 aromatic rings. The highest BCUT2D eigenvalue weighted by molar-refractivity contribution is 5.09. The van der Waals surface area contributed by atoms with Crippen LogP contribution in [0.15, 0.2) is 10.9 Å². The van der Waals surface area contributed by atoms with E-state index in [0.29, 0.717) is 5.82 Å². The molecule has 0 amide bonds. The van der Waals surface area contributed by atoms with Gasteiger partial charge in [-0.3, -0.25) is 9.36 Å². The summed E-state index contributed by atoms with van der Waals surface area (Å²) < 4.78 is 1.43. The molecule has 0 aliphatic heterocycles. The van der Waals surface area contributed by atoms with E-state index in [1.165, 1.54) is 4.57 Å². The van der Waals surface area contributed by atoms with Crippen molar-refractivity contribution in [2.75, 3.05) is 0 Å². The third kappa shape index (κ3) is 1.47. The van der Waals surface area contributed by atoms with Crippen LogP contribution < -0.4 is 5.56 Å². The Hall–Kier alpha value is -1.32. The zero-order valence-electron chi connectivity index (χ0n) is 7.40. The maximum atomic E-state index is 11.1. The van der Waals surface area contributed by atoms with Crippen LogP contribution in [0, 0.1) is 0 Å². The average Bonchev–Trinajstić information content (AvgIpc) is 1.96. The molecule has 0 atom stereocenters. The SMILES string of the molecule is CC(C)c1nc(O)cc(=O)n1C. The van der Waals surface area contributed by atoms with Gasteiger partial charge in [-0.15, -0.1) is 0 Å². The van der Waals surface area contributed by atoms with E-state index in [2.05, 4.69) is 4.98 Å². The van der Waals surface area contributed by atoms with Crippen molar-refractivity contribution in [1.29, 1.82) is 0 Å². The molecule has 0 aromatic carbocycles. The van der Waals surface area contributed by atoms with Gasteiger partial charge in [-0.05, 0) is 0 Å². The van der Waals surface area contributed by atoms with Crippen molar-refractivity contribution in [3.8, 4) is 5.88 Å². The van der Waals surface area contributed by atoms with Gasteiger partial charge in [-0.25, -0.2) is 0 Å². The van der Waals surface area contributed by atoms with E-state index in [1.54, 1.807) is 7.05 Å². The number of hydrogen-bond acceptors (Lipinski definition) is 3. The van der Waals surface area contributed by atoms with Gasteiger partial charge in [0.15, 0.2) is 0 Å². The van der Waals surface area contributed by atoms with Crippen LogP contribution >= 0.6 is 0 Å². The van der Waals surface area contributed by atoms with Crippen molar-refractivity contribution in [3.63, 3.8) is 0 Å². The molecule has 1 N–H and O–H groups in total. The predicted octanol–water partition coefficient (Wildman–Crippen LogP) is 0.609. The molecule has 0 bridgehead atoms. The summed E-state index contributed by atoms with van der Waals surface area (Å²) in [7, 11) is 1.64. The molecule has 1 aromatic heterocycles. The number of rotatable bonds is 1. The van der Waals surface area contributed by atoms with E-state index in [1.807, 2.05) is 13.8 Å². The van der Waals surface area contributed by atoms with Crippen molar-refractivity contribution in [3.05, 3.63) is 22.2 Å². The van der Waals surface area contributed by atoms with E-state index in [0.717, 1.165) is 6.07 Å². The van der Waals surface area contributed by atoms with E-state index < -0.39 is 0 Å². The van der Waals surface area contributed by atoms with Gasteiger partial charge in [-0.2, -0.15) is 4.98 Å². The van der Waals surface area contributed by atoms with Gasteiger partial charge >= 0.3 is 0 Å². The maximum absolute atomic E-state index is 11.1. The molecule has 4 nitrogen and oxygen atoms in total. The molecule has 66 valence electrons. The lowest BCUT2D eigenvalue weighted by molar-refractivity contribution is 0.440. The Morgan fingerprint density at radius 1 is 1.58 bits per heavy atom. The summed E-state index contributed by atoms with van der Waals surface area (Å²) in [5.41, 5.74) is -0.230. The largest absolute Gasteiger partial charge is 0.493 e. The normalized spacial score (nSPS) is 10.7. The van der Waals surface area contributed by atoms with Gasteiger partial charge in [0.1, 0.15) is 5.82 Å². The molecule has 0 saturated heterocycles. The minimum Gasteiger partial charge on any atom is -0.493 e. The molecule has 1 rings (SSSR count). The minimum atomic E-state index is -0.230. The topological polar surface area (TPSA) is 55.1 Å². The van der Waals surface area contributed by atoms with Crippen LogP contribution in [0.2, 0.25) is 0 Å². The van der Waals surface area contributed by atoms with Gasteiger partial charge in [0.25, 0.3) is 5.56 Å². The van der Waals surface area contributed by atoms with Crippen molar-refractivity contribution < 1.29 is 5.11 Å². The van der Waals surface area contributed by atoms with Gasteiger partial charge in [0.05, 0.1) is 6.07 Å². The van der Waals surface area contributed by atoms with Gasteiger partial charge < -0.3 is 5.11 Å². The van der Waals surface area contributed by atoms with Gasteiger partial charge in [0, 0.05) is 13.0 Å². The smallest absolute Gasteiger partial charge is 0.257 e. The van der Waals surface area contributed by atoms with Crippen LogP contribution in [0.25, 0.3) is 0 Å². The molecule has 0 fully saturated rings. The first-order valence-corrected chi connectivity index (χ1v) is 3.79. The summed E-state index contributed by atoms with van der Waals surface area (Å²) in [4.78, 5) is 15.0. The lowest BCUT2D eigenvalue weighted by Gasteiger charge is -2.09. The molecule has 0 aliphatic rings. The second kappa shape index (κ2) is 2.97. The van der Waals surface area contributed by atoms with Crippen molar-refractivity contribution >= 4 is 0 Å². The second-order valence-electron chi connectivity index (χ2n) is 3.02. The standard InChI is InChI=1S/C8H12N2O2/c1-5(2)8-9-6(11)4-7(12)10(8)3/h4-5,11H,1-3H3. The minimum absolute atomic E-state index is 0.134. The fourth-order valence-corrected chi connectivity index (χ4v) is 1.06. The van der Waals surface area contributed by atoms with E-state index in [9.17, 15) is 4.79 Å². The second-order valence-corrected chi connectivity index (χ2v) is 3.02. The molecule has 0 spiro atoms. The Morgan fingerprint density at radius 3 is 2.67 bits per heavy atom. The summed E-state index contributed by atoms with van der Waals surface area (Å²) in [6.07, 6.45) is 0. The van der Waals surface area contributed by atoms with Crippen molar-refractivity contribution in [2.45, 2.75) is 19.8 Å². The van der Waals surface area contributed by atoms with Crippen LogP contribution in [0.1, 0.15) is 25.6 Å². The van der Waals surface area contributed by atoms with Crippen LogP contribution in [0.3, 0.4) is 0 Å². The quantitative estimate of drug-likeness (QED) is 0.668. The summed E-state index contributed by atoms with van der Waals surface area (Å²) in [5.74, 6) is 0.525. The highest BCUT2D eigenvalue weighted by Gasteiger charge is 2.07. The predicted molar refractivity (Wildman–Crippen MR) is 45.2 cm³/mol. The first-order chi connectivity index (χ1) is 5.52. The lowest BCUT2D eigenvalue weighted by Crippen LogP contribution is -2.21. The monoisotopic (exact) mass is 168 g/mol. The average molecular weight is 168 g/mol. The Morgan fingerprint density at radius 2 is 2.17 bits per heavy atom. The molecule has 12 heavy (non-hydrogen) atoms. The first kappa shape index (κ1) is 8.77. The van der Waals surface area contributed by atoms with Crippen LogP contribution in [-0.2, 0) is 7.05 Å². The highest BCUT2D eigenvalue weighted by Crippen LogP contribution is 2.10. The summed E-state index contributed by atoms with van der Waals surface area (Å²) in [6, 6.07) is 1.10. The number of nitrogens with zero attached hydrogens (tertiary/aromatic N) is 2. The molecule has 0 unspecified atom stereocenters. The summed E-state index contributed by atoms with van der Waals surface area (Å²) in [6.45, 7) is 3.84. The van der Waals surface area contributed by atoms with Crippen LogP contribution in [-0.4, -0.2) is 14.7 Å². The molecule has 1 heterocycles. The third-order valence-electron chi connectivity index (χ3n) is 1.67. The van der Waals surface area contributed by atoms with Gasteiger partial charge in [-0.1, -0.05) is 13.8 Å². The third-order valence-corrected chi connectivity index (χ3v) is 1.67. The summed E-state index contributed by atoms with van der Waals surface area (Å²) >= 11 is 0. The Labute approximate surface area is 70.5 Å². The highest BCUT2D eigenvalue weighted by atomic mass is 16.3. The molecular weight excluding hydrogens is 156 g/mol. The van der Waals surface area contributed by atoms with Crippen molar-refractivity contribution in [1.82, 2.24) is 9.55 Å². The number of aromatic hydroxyl groups is 1. The molecule has 0 radical (unpaired) electrons. The fourth-order valence-electron chi connectivity index (χ4n) is 1.06. The number of aromatic nitrogens is 2. The molecule has 0 saturated carbocycles. The zero-order chi connectivity index (χ0) is 9.30. The Bertz CT molecular complexity index is 341. The fraction of sp³-hybridized carbons (Fsp3) is 0.500. The van der Waals surface area contributed by atoms with E-state index >= 15 is 0 Å². The maximum Gasteiger partial charge on any atom is 0.257 e.